The Bertz CT molecular complexity index is 1240. The van der Waals surface area contributed by atoms with Crippen molar-refractivity contribution in [2.45, 2.75) is 20.0 Å². The summed E-state index contributed by atoms with van der Waals surface area (Å²) >= 11 is 3.55. The highest BCUT2D eigenvalue weighted by Crippen LogP contribution is 2.33. The molecule has 0 aliphatic carbocycles. The number of benzene rings is 1. The molecule has 0 amide bonds. The van der Waals surface area contributed by atoms with Crippen LogP contribution in [0.3, 0.4) is 0 Å². The number of hydrogen-bond acceptors (Lipinski definition) is 5. The second-order valence-corrected chi connectivity index (χ2v) is 7.25. The Morgan fingerprint density at radius 3 is 2.93 bits per heavy atom. The van der Waals surface area contributed by atoms with E-state index in [0.717, 1.165) is 32.9 Å². The third-order valence-electron chi connectivity index (χ3n) is 4.63. The maximum Gasteiger partial charge on any atom is 0.267 e. The van der Waals surface area contributed by atoms with Crippen molar-refractivity contribution in [3.63, 3.8) is 0 Å². The van der Waals surface area contributed by atoms with Crippen LogP contribution < -0.4 is 5.56 Å². The van der Waals surface area contributed by atoms with Crippen LogP contribution in [-0.4, -0.2) is 34.1 Å². The van der Waals surface area contributed by atoms with Crippen molar-refractivity contribution >= 4 is 28.3 Å². The summed E-state index contributed by atoms with van der Waals surface area (Å²) in [4.78, 5) is 21.1. The summed E-state index contributed by atoms with van der Waals surface area (Å²) in [5.41, 5.74) is 3.78. The van der Waals surface area contributed by atoms with Crippen LogP contribution in [0.4, 0.5) is 0 Å². The number of rotatable bonds is 2. The van der Waals surface area contributed by atoms with Crippen LogP contribution in [0.5, 0.6) is 0 Å². The number of fused-ring (bicyclic) bond motifs is 5. The van der Waals surface area contributed by atoms with Crippen molar-refractivity contribution in [1.29, 1.82) is 0 Å². The van der Waals surface area contributed by atoms with Crippen LogP contribution in [0.2, 0.25) is 0 Å². The van der Waals surface area contributed by atoms with Gasteiger partial charge in [-0.1, -0.05) is 15.9 Å². The smallest absolute Gasteiger partial charge is 0.267 e. The minimum atomic E-state index is -0.181. The van der Waals surface area contributed by atoms with Crippen molar-refractivity contribution < 1.29 is 0 Å². The molecule has 0 unspecified atom stereocenters. The molecule has 1 aromatic carbocycles. The molecule has 0 fully saturated rings. The monoisotopic (exact) mass is 459 g/mol. The zero-order chi connectivity index (χ0) is 18.5. The van der Waals surface area contributed by atoms with Crippen LogP contribution in [0.25, 0.3) is 17.1 Å². The van der Waals surface area contributed by atoms with Crippen LogP contribution in [-0.2, 0) is 13.1 Å². The van der Waals surface area contributed by atoms with E-state index in [1.165, 1.54) is 10.7 Å². The van der Waals surface area contributed by atoms with Gasteiger partial charge in [-0.15, -0.1) is 12.4 Å². The predicted octanol–water partition coefficient (Wildman–Crippen LogP) is 2.59. The van der Waals surface area contributed by atoms with E-state index in [1.807, 2.05) is 36.1 Å². The first-order chi connectivity index (χ1) is 13.1. The summed E-state index contributed by atoms with van der Waals surface area (Å²) in [7, 11) is 0. The van der Waals surface area contributed by atoms with Crippen molar-refractivity contribution in [1.82, 2.24) is 34.1 Å². The fourth-order valence-electron chi connectivity index (χ4n) is 3.31. The number of nitrogens with zero attached hydrogens (tertiary/aromatic N) is 7. The number of imidazole rings is 1. The summed E-state index contributed by atoms with van der Waals surface area (Å²) in [6, 6.07) is 9.15. The van der Waals surface area contributed by atoms with Gasteiger partial charge in [0.25, 0.3) is 5.56 Å². The lowest BCUT2D eigenvalue weighted by Crippen LogP contribution is -2.22. The van der Waals surface area contributed by atoms with Gasteiger partial charge in [0.15, 0.2) is 11.6 Å². The molecule has 0 saturated carbocycles. The summed E-state index contributed by atoms with van der Waals surface area (Å²) in [6.07, 6.45) is 3.41. The molecule has 0 atom stereocenters. The minimum absolute atomic E-state index is 0. The van der Waals surface area contributed by atoms with Gasteiger partial charge < -0.3 is 4.57 Å². The molecule has 142 valence electrons. The molecule has 8 nitrogen and oxygen atoms in total. The average Bonchev–Trinajstić information content (AvgIpc) is 3.18. The highest BCUT2D eigenvalue weighted by molar-refractivity contribution is 9.10. The van der Waals surface area contributed by atoms with Gasteiger partial charge in [-0.2, -0.15) is 10.2 Å². The van der Waals surface area contributed by atoms with E-state index in [9.17, 15) is 4.79 Å². The normalized spacial score (nSPS) is 11.8. The molecular formula is C18H15BrClN7O. The Hall–Kier alpha value is -2.78. The van der Waals surface area contributed by atoms with Crippen LogP contribution >= 0.6 is 28.3 Å². The lowest BCUT2D eigenvalue weighted by molar-refractivity contribution is 0.596. The van der Waals surface area contributed by atoms with Crippen molar-refractivity contribution in [3.05, 3.63) is 74.9 Å². The van der Waals surface area contributed by atoms with Gasteiger partial charge in [-0.3, -0.25) is 4.79 Å². The summed E-state index contributed by atoms with van der Waals surface area (Å²) < 4.78 is 6.25. The van der Waals surface area contributed by atoms with Crippen LogP contribution in [0.1, 0.15) is 17.2 Å². The molecule has 4 aromatic rings. The summed E-state index contributed by atoms with van der Waals surface area (Å²) in [6.45, 7) is 2.76. The molecule has 0 spiro atoms. The Balaban J connectivity index is 0.00000192. The highest BCUT2D eigenvalue weighted by atomic mass is 79.9. The molecule has 0 N–H and O–H groups in total. The first-order valence-corrected chi connectivity index (χ1v) is 9.18. The van der Waals surface area contributed by atoms with Gasteiger partial charge in [-0.25, -0.2) is 19.3 Å². The Morgan fingerprint density at radius 2 is 2.11 bits per heavy atom. The lowest BCUT2D eigenvalue weighted by atomic mass is 10.1. The molecule has 1 aliphatic rings. The number of aromatic nitrogens is 7. The standard InChI is InChI=1S/C18H14BrN7O.ClH/c1-11-15-8-26-18(13-7-12(19)4-5-14(13)24(15)10-20-11)22-16(23-26)9-25-17(27)3-2-6-21-25;/h2-7,10H,8-9H2,1H3;1H. The topological polar surface area (TPSA) is 83.4 Å². The molecule has 5 rings (SSSR count). The van der Waals surface area contributed by atoms with Crippen molar-refractivity contribution in [2.75, 3.05) is 0 Å². The number of aryl methyl sites for hydroxylation is 1. The van der Waals surface area contributed by atoms with E-state index in [2.05, 4.69) is 35.7 Å². The van der Waals surface area contributed by atoms with Crippen molar-refractivity contribution in [3.8, 4) is 17.1 Å². The van der Waals surface area contributed by atoms with Gasteiger partial charge in [0.05, 0.1) is 29.9 Å². The first-order valence-electron chi connectivity index (χ1n) is 8.39. The molecule has 10 heteroatoms. The molecule has 1 aliphatic heterocycles. The molecule has 0 saturated heterocycles. The van der Waals surface area contributed by atoms with Gasteiger partial charge >= 0.3 is 0 Å². The Labute approximate surface area is 174 Å². The SMILES string of the molecule is Cc1ncn2c1Cn1nc(Cn3ncccc3=O)nc1-c1cc(Br)ccc1-2.Cl. The maximum absolute atomic E-state index is 12.0. The number of halogens is 2. The van der Waals surface area contributed by atoms with E-state index in [4.69, 9.17) is 4.98 Å². The van der Waals surface area contributed by atoms with E-state index in [1.54, 1.807) is 12.3 Å². The molecule has 28 heavy (non-hydrogen) atoms. The second kappa shape index (κ2) is 6.99. The molecule has 0 bridgehead atoms. The predicted molar refractivity (Wildman–Crippen MR) is 109 cm³/mol. The zero-order valence-electron chi connectivity index (χ0n) is 14.8. The Kier molecular flexibility index (Phi) is 4.64. The quantitative estimate of drug-likeness (QED) is 0.404. The molecule has 4 heterocycles. The van der Waals surface area contributed by atoms with Gasteiger partial charge in [-0.05, 0) is 31.2 Å². The van der Waals surface area contributed by atoms with Gasteiger partial charge in [0, 0.05) is 22.3 Å². The minimum Gasteiger partial charge on any atom is -0.300 e. The van der Waals surface area contributed by atoms with E-state index < -0.39 is 0 Å². The third-order valence-corrected chi connectivity index (χ3v) is 5.12. The maximum atomic E-state index is 12.0. The van der Waals surface area contributed by atoms with Crippen LogP contribution in [0, 0.1) is 6.92 Å². The fraction of sp³-hybridized carbons (Fsp3) is 0.167. The molecular weight excluding hydrogens is 446 g/mol. The van der Waals surface area contributed by atoms with E-state index in [0.29, 0.717) is 12.4 Å². The zero-order valence-corrected chi connectivity index (χ0v) is 17.2. The van der Waals surface area contributed by atoms with Gasteiger partial charge in [0.1, 0.15) is 6.54 Å². The highest BCUT2D eigenvalue weighted by Gasteiger charge is 2.24. The molecule has 3 aromatic heterocycles. The first kappa shape index (κ1) is 18.6. The van der Waals surface area contributed by atoms with E-state index >= 15 is 0 Å². The number of hydrogen-bond donors (Lipinski definition) is 0. The average molecular weight is 461 g/mol. The van der Waals surface area contributed by atoms with Crippen molar-refractivity contribution in [2.24, 2.45) is 0 Å². The fourth-order valence-corrected chi connectivity index (χ4v) is 3.67. The summed E-state index contributed by atoms with van der Waals surface area (Å²) in [5, 5.41) is 8.74. The largest absolute Gasteiger partial charge is 0.300 e. The van der Waals surface area contributed by atoms with E-state index in [-0.39, 0.29) is 24.5 Å². The summed E-state index contributed by atoms with van der Waals surface area (Å²) in [5.74, 6) is 1.30. The van der Waals surface area contributed by atoms with Crippen LogP contribution in [0.15, 0.2) is 52.1 Å². The Morgan fingerprint density at radius 1 is 1.25 bits per heavy atom. The third kappa shape index (κ3) is 2.96. The lowest BCUT2D eigenvalue weighted by Gasteiger charge is -2.08. The van der Waals surface area contributed by atoms with Gasteiger partial charge in [0.2, 0.25) is 0 Å². The second-order valence-electron chi connectivity index (χ2n) is 6.34. The molecule has 0 radical (unpaired) electrons.